The molecule has 5 heteroatoms. The summed E-state index contributed by atoms with van der Waals surface area (Å²) in [7, 11) is 1.62. The zero-order valence-electron chi connectivity index (χ0n) is 10.8. The van der Waals surface area contributed by atoms with Crippen LogP contribution in [0.25, 0.3) is 0 Å². The van der Waals surface area contributed by atoms with Crippen LogP contribution in [0.5, 0.6) is 17.4 Å². The lowest BCUT2D eigenvalue weighted by atomic mass is 10.2. The lowest BCUT2D eigenvalue weighted by Crippen LogP contribution is -2.05. The van der Waals surface area contributed by atoms with Gasteiger partial charge in [-0.1, -0.05) is 6.07 Å². The first-order valence-electron chi connectivity index (χ1n) is 5.83. The average molecular weight is 323 g/mol. The van der Waals surface area contributed by atoms with Crippen LogP contribution in [0.15, 0.2) is 41.0 Å². The Bertz CT molecular complexity index is 556. The number of halogens is 1. The largest absolute Gasteiger partial charge is 0.497 e. The smallest absolute Gasteiger partial charge is 0.219 e. The molecule has 1 aromatic carbocycles. The average Bonchev–Trinajstić information content (AvgIpc) is 2.41. The number of aromatic nitrogens is 1. The zero-order valence-corrected chi connectivity index (χ0v) is 12.3. The number of pyridine rings is 1. The van der Waals surface area contributed by atoms with Crippen LogP contribution in [0, 0.1) is 0 Å². The molecule has 1 heterocycles. The van der Waals surface area contributed by atoms with E-state index in [1.807, 2.05) is 31.2 Å². The van der Waals surface area contributed by atoms with Crippen molar-refractivity contribution in [1.29, 1.82) is 0 Å². The molecule has 0 spiro atoms. The molecule has 0 fully saturated rings. The second kappa shape index (κ2) is 6.04. The molecule has 19 heavy (non-hydrogen) atoms. The number of ether oxygens (including phenoxy) is 2. The van der Waals surface area contributed by atoms with E-state index in [1.165, 1.54) is 0 Å². The van der Waals surface area contributed by atoms with E-state index in [0.29, 0.717) is 11.6 Å². The van der Waals surface area contributed by atoms with Gasteiger partial charge in [-0.3, -0.25) is 0 Å². The lowest BCUT2D eigenvalue weighted by molar-refractivity contribution is 0.411. The molecule has 0 bridgehead atoms. The van der Waals surface area contributed by atoms with Gasteiger partial charge in [-0.15, -0.1) is 0 Å². The third-order valence-electron chi connectivity index (χ3n) is 2.64. The van der Waals surface area contributed by atoms with Crippen molar-refractivity contribution in [2.75, 3.05) is 7.11 Å². The summed E-state index contributed by atoms with van der Waals surface area (Å²) >= 11 is 3.43. The first-order chi connectivity index (χ1) is 9.10. The van der Waals surface area contributed by atoms with Crippen molar-refractivity contribution >= 4 is 15.9 Å². The number of hydrogen-bond acceptors (Lipinski definition) is 4. The SMILES string of the molecule is COc1ccc(Oc2ccc([C@H](C)N)cn2)c(Br)c1. The summed E-state index contributed by atoms with van der Waals surface area (Å²) in [6.45, 7) is 1.91. The summed E-state index contributed by atoms with van der Waals surface area (Å²) in [5.74, 6) is 1.97. The fourth-order valence-corrected chi connectivity index (χ4v) is 1.96. The van der Waals surface area contributed by atoms with Crippen LogP contribution < -0.4 is 15.2 Å². The van der Waals surface area contributed by atoms with Gasteiger partial charge in [0.15, 0.2) is 0 Å². The maximum absolute atomic E-state index is 5.77. The van der Waals surface area contributed by atoms with Gasteiger partial charge in [0.05, 0.1) is 11.6 Å². The molecule has 4 nitrogen and oxygen atoms in total. The molecule has 0 aliphatic heterocycles. The highest BCUT2D eigenvalue weighted by molar-refractivity contribution is 9.10. The van der Waals surface area contributed by atoms with Gasteiger partial charge in [0.1, 0.15) is 11.5 Å². The minimum Gasteiger partial charge on any atom is -0.497 e. The second-order valence-corrected chi connectivity index (χ2v) is 4.97. The van der Waals surface area contributed by atoms with E-state index >= 15 is 0 Å². The fourth-order valence-electron chi connectivity index (χ4n) is 1.53. The van der Waals surface area contributed by atoms with E-state index < -0.39 is 0 Å². The first kappa shape index (κ1) is 13.8. The summed E-state index contributed by atoms with van der Waals surface area (Å²) in [5.41, 5.74) is 6.74. The van der Waals surface area contributed by atoms with Gasteiger partial charge in [0.2, 0.25) is 5.88 Å². The Morgan fingerprint density at radius 2 is 2.05 bits per heavy atom. The number of benzene rings is 1. The Labute approximate surface area is 120 Å². The van der Waals surface area contributed by atoms with Crippen molar-refractivity contribution in [3.8, 4) is 17.4 Å². The van der Waals surface area contributed by atoms with Gasteiger partial charge in [0.25, 0.3) is 0 Å². The van der Waals surface area contributed by atoms with Crippen LogP contribution in [-0.2, 0) is 0 Å². The van der Waals surface area contributed by atoms with Gasteiger partial charge < -0.3 is 15.2 Å². The highest BCUT2D eigenvalue weighted by Crippen LogP contribution is 2.32. The van der Waals surface area contributed by atoms with Crippen LogP contribution >= 0.6 is 15.9 Å². The van der Waals surface area contributed by atoms with Crippen molar-refractivity contribution < 1.29 is 9.47 Å². The molecule has 0 amide bonds. The van der Waals surface area contributed by atoms with E-state index in [2.05, 4.69) is 20.9 Å². The third-order valence-corrected chi connectivity index (χ3v) is 3.26. The van der Waals surface area contributed by atoms with Crippen LogP contribution in [0.2, 0.25) is 0 Å². The molecule has 0 unspecified atom stereocenters. The van der Waals surface area contributed by atoms with Crippen molar-refractivity contribution in [2.45, 2.75) is 13.0 Å². The monoisotopic (exact) mass is 322 g/mol. The van der Waals surface area contributed by atoms with E-state index in [4.69, 9.17) is 15.2 Å². The molecule has 2 rings (SSSR count). The van der Waals surface area contributed by atoms with Crippen LogP contribution in [0.1, 0.15) is 18.5 Å². The Hall–Kier alpha value is -1.59. The van der Waals surface area contributed by atoms with E-state index in [9.17, 15) is 0 Å². The number of hydrogen-bond donors (Lipinski definition) is 1. The molecule has 2 N–H and O–H groups in total. The van der Waals surface area contributed by atoms with Crippen molar-refractivity contribution in [3.05, 3.63) is 46.6 Å². The standard InChI is InChI=1S/C14H15BrN2O2/c1-9(16)10-3-6-14(17-8-10)19-13-5-4-11(18-2)7-12(13)15/h3-9H,16H2,1-2H3/t9-/m0/s1. The first-order valence-corrected chi connectivity index (χ1v) is 6.62. The molecule has 0 aliphatic carbocycles. The molecule has 0 saturated heterocycles. The predicted molar refractivity (Wildman–Crippen MR) is 77.6 cm³/mol. The number of rotatable bonds is 4. The van der Waals surface area contributed by atoms with Gasteiger partial charge in [0, 0.05) is 18.3 Å². The molecule has 0 saturated carbocycles. The van der Waals surface area contributed by atoms with Gasteiger partial charge in [-0.2, -0.15) is 0 Å². The number of nitrogens with two attached hydrogens (primary N) is 1. The van der Waals surface area contributed by atoms with Crippen LogP contribution in [0.3, 0.4) is 0 Å². The molecular weight excluding hydrogens is 308 g/mol. The molecule has 2 aromatic rings. The van der Waals surface area contributed by atoms with Gasteiger partial charge in [-0.25, -0.2) is 4.98 Å². The summed E-state index contributed by atoms with van der Waals surface area (Å²) in [6, 6.07) is 9.17. The lowest BCUT2D eigenvalue weighted by Gasteiger charge is -2.09. The number of methoxy groups -OCH3 is 1. The minimum atomic E-state index is -0.0331. The summed E-state index contributed by atoms with van der Waals surface area (Å²) in [5, 5.41) is 0. The molecule has 0 aliphatic rings. The summed E-state index contributed by atoms with van der Waals surface area (Å²) < 4.78 is 11.6. The quantitative estimate of drug-likeness (QED) is 0.933. The zero-order chi connectivity index (χ0) is 13.8. The molecule has 1 atom stereocenters. The van der Waals surface area contributed by atoms with Crippen LogP contribution in [0.4, 0.5) is 0 Å². The van der Waals surface area contributed by atoms with E-state index in [1.54, 1.807) is 19.4 Å². The Morgan fingerprint density at radius 3 is 2.58 bits per heavy atom. The van der Waals surface area contributed by atoms with E-state index in [-0.39, 0.29) is 6.04 Å². The highest BCUT2D eigenvalue weighted by Gasteiger charge is 2.06. The summed E-state index contributed by atoms with van der Waals surface area (Å²) in [6.07, 6.45) is 1.72. The maximum atomic E-state index is 5.77. The summed E-state index contributed by atoms with van der Waals surface area (Å²) in [4.78, 5) is 4.22. The Balaban J connectivity index is 2.16. The highest BCUT2D eigenvalue weighted by atomic mass is 79.9. The van der Waals surface area contributed by atoms with E-state index in [0.717, 1.165) is 15.8 Å². The number of nitrogens with zero attached hydrogens (tertiary/aromatic N) is 1. The Morgan fingerprint density at radius 1 is 1.26 bits per heavy atom. The maximum Gasteiger partial charge on any atom is 0.219 e. The van der Waals surface area contributed by atoms with Crippen molar-refractivity contribution in [3.63, 3.8) is 0 Å². The molecule has 100 valence electrons. The molecular formula is C14H15BrN2O2. The molecule has 0 radical (unpaired) electrons. The van der Waals surface area contributed by atoms with Gasteiger partial charge >= 0.3 is 0 Å². The molecule has 1 aromatic heterocycles. The van der Waals surface area contributed by atoms with Crippen molar-refractivity contribution in [1.82, 2.24) is 4.98 Å². The second-order valence-electron chi connectivity index (χ2n) is 4.12. The van der Waals surface area contributed by atoms with Crippen LogP contribution in [-0.4, -0.2) is 12.1 Å². The predicted octanol–water partition coefficient (Wildman–Crippen LogP) is 3.66. The van der Waals surface area contributed by atoms with Crippen molar-refractivity contribution in [2.24, 2.45) is 5.73 Å². The topological polar surface area (TPSA) is 57.4 Å². The fraction of sp³-hybridized carbons (Fsp3) is 0.214. The third kappa shape index (κ3) is 3.45. The normalized spacial score (nSPS) is 12.0. The Kier molecular flexibility index (Phi) is 4.39. The van der Waals surface area contributed by atoms with Gasteiger partial charge in [-0.05, 0) is 46.6 Å². The minimum absolute atomic E-state index is 0.0331.